The Bertz CT molecular complexity index is 654. The number of hydrogen-bond donors (Lipinski definition) is 4. The fraction of sp³-hybridized carbons (Fsp3) is 0.880. The highest BCUT2D eigenvalue weighted by Gasteiger charge is 2.32. The second-order valence-corrected chi connectivity index (χ2v) is 12.5. The van der Waals surface area contributed by atoms with E-state index in [0.717, 1.165) is 16.2 Å². The van der Waals surface area contributed by atoms with Crippen LogP contribution in [-0.2, 0) is 4.79 Å². The number of aliphatic hydroxyl groups is 3. The first kappa shape index (κ1) is 32.3. The van der Waals surface area contributed by atoms with Gasteiger partial charge < -0.3 is 20.6 Å². The lowest BCUT2D eigenvalue weighted by Crippen LogP contribution is -2.54. The van der Waals surface area contributed by atoms with Crippen LogP contribution in [0.1, 0.15) is 88.0 Å². The molecule has 0 saturated heterocycles. The summed E-state index contributed by atoms with van der Waals surface area (Å²) in [4.78, 5) is 39.3. The number of rotatable bonds is 12. The first-order chi connectivity index (χ1) is 15.3. The average molecular weight is 488 g/mol. The van der Waals surface area contributed by atoms with Crippen LogP contribution < -0.4 is 5.32 Å². The van der Waals surface area contributed by atoms with Crippen molar-refractivity contribution in [1.82, 2.24) is 15.1 Å². The molecule has 5 amide bonds. The summed E-state index contributed by atoms with van der Waals surface area (Å²) in [5.41, 5.74) is -0.584. The predicted molar refractivity (Wildman–Crippen MR) is 133 cm³/mol. The molecule has 9 heteroatoms. The minimum atomic E-state index is -1.01. The van der Waals surface area contributed by atoms with Crippen molar-refractivity contribution in [2.24, 2.45) is 16.2 Å². The van der Waals surface area contributed by atoms with Crippen molar-refractivity contribution in [3.8, 4) is 0 Å². The number of hydrogen-bond acceptors (Lipinski definition) is 6. The van der Waals surface area contributed by atoms with E-state index in [1.54, 1.807) is 0 Å². The minimum Gasteiger partial charge on any atom is -0.391 e. The number of nitrogens with zero attached hydrogens (tertiary/aromatic N) is 2. The second kappa shape index (κ2) is 13.4. The monoisotopic (exact) mass is 487 g/mol. The van der Waals surface area contributed by atoms with Gasteiger partial charge in [-0.1, -0.05) is 68.7 Å². The van der Waals surface area contributed by atoms with Gasteiger partial charge in [0.2, 0.25) is 6.41 Å². The number of nitrogens with one attached hydrogen (secondary N) is 1. The summed E-state index contributed by atoms with van der Waals surface area (Å²) >= 11 is 0. The predicted octanol–water partition coefficient (Wildman–Crippen LogP) is 3.36. The minimum absolute atomic E-state index is 0.0797. The van der Waals surface area contributed by atoms with E-state index in [9.17, 15) is 29.7 Å². The summed E-state index contributed by atoms with van der Waals surface area (Å²) in [6.45, 7) is 16.9. The molecule has 200 valence electrons. The largest absolute Gasteiger partial charge is 0.391 e. The van der Waals surface area contributed by atoms with E-state index in [2.05, 4.69) is 5.32 Å². The summed E-state index contributed by atoms with van der Waals surface area (Å²) in [6.07, 6.45) is -0.550. The molecule has 0 aromatic carbocycles. The number of aliphatic hydroxyl groups excluding tert-OH is 3. The Morgan fingerprint density at radius 3 is 1.74 bits per heavy atom. The lowest BCUT2D eigenvalue weighted by molar-refractivity contribution is -0.117. The Kier molecular flexibility index (Phi) is 12.7. The van der Waals surface area contributed by atoms with E-state index >= 15 is 0 Å². The molecule has 3 unspecified atom stereocenters. The van der Waals surface area contributed by atoms with Crippen LogP contribution in [0.15, 0.2) is 0 Å². The number of carbonyl (C=O) groups excluding carboxylic acids is 3. The molecule has 0 saturated carbocycles. The van der Waals surface area contributed by atoms with Crippen LogP contribution in [0.25, 0.3) is 0 Å². The van der Waals surface area contributed by atoms with Crippen molar-refractivity contribution in [3.63, 3.8) is 0 Å². The van der Waals surface area contributed by atoms with E-state index in [1.165, 1.54) is 0 Å². The van der Waals surface area contributed by atoms with Crippen LogP contribution >= 0.6 is 0 Å². The van der Waals surface area contributed by atoms with E-state index in [0.29, 0.717) is 19.3 Å². The van der Waals surface area contributed by atoms with Gasteiger partial charge in [-0.05, 0) is 35.5 Å². The van der Waals surface area contributed by atoms with Gasteiger partial charge in [0.25, 0.3) is 0 Å². The van der Waals surface area contributed by atoms with Gasteiger partial charge in [0.05, 0.1) is 31.4 Å². The maximum atomic E-state index is 13.1. The number of carbonyl (C=O) groups is 3. The van der Waals surface area contributed by atoms with Crippen LogP contribution in [0.3, 0.4) is 0 Å². The zero-order valence-electron chi connectivity index (χ0n) is 22.7. The summed E-state index contributed by atoms with van der Waals surface area (Å²) in [6, 6.07) is -1.75. The van der Waals surface area contributed by atoms with Gasteiger partial charge in [-0.15, -0.1) is 0 Å². The Labute approximate surface area is 205 Å². The second-order valence-electron chi connectivity index (χ2n) is 12.5. The van der Waals surface area contributed by atoms with Gasteiger partial charge in [0.1, 0.15) is 0 Å². The number of amides is 5. The van der Waals surface area contributed by atoms with Gasteiger partial charge >= 0.3 is 12.1 Å². The molecule has 0 rings (SSSR count). The Hall–Kier alpha value is -1.71. The van der Waals surface area contributed by atoms with Gasteiger partial charge in [-0.2, -0.15) is 0 Å². The molecule has 0 bridgehead atoms. The Morgan fingerprint density at radius 1 is 0.824 bits per heavy atom. The van der Waals surface area contributed by atoms with Crippen molar-refractivity contribution in [1.29, 1.82) is 0 Å². The Morgan fingerprint density at radius 2 is 1.29 bits per heavy atom. The van der Waals surface area contributed by atoms with Crippen molar-refractivity contribution in [3.05, 3.63) is 0 Å². The normalized spacial score (nSPS) is 15.3. The highest BCUT2D eigenvalue weighted by Crippen LogP contribution is 2.26. The van der Waals surface area contributed by atoms with E-state index in [4.69, 9.17) is 0 Å². The molecular formula is C25H49N3O6. The molecule has 0 aliphatic rings. The topological polar surface area (TPSA) is 130 Å². The van der Waals surface area contributed by atoms with E-state index in [-0.39, 0.29) is 42.3 Å². The van der Waals surface area contributed by atoms with Crippen LogP contribution in [0, 0.1) is 16.2 Å². The highest BCUT2D eigenvalue weighted by atomic mass is 16.3. The smallest absolute Gasteiger partial charge is 0.334 e. The van der Waals surface area contributed by atoms with Crippen molar-refractivity contribution >= 4 is 18.5 Å². The lowest BCUT2D eigenvalue weighted by atomic mass is 9.84. The third-order valence-electron chi connectivity index (χ3n) is 5.58. The third-order valence-corrected chi connectivity index (χ3v) is 5.58. The van der Waals surface area contributed by atoms with Gasteiger partial charge in [-0.25, -0.2) is 14.5 Å². The highest BCUT2D eigenvalue weighted by molar-refractivity contribution is 5.97. The molecular weight excluding hydrogens is 438 g/mol. The standard InChI is InChI=1S/C25H49N3O6/c1-10-25(8,9)13-20(32)15-27(17-29)22(34)28(16-19(31)12-24(5,6)7)21(33)26-14-18(30)11-23(2,3)4/h17-20,30-32H,10-16H2,1-9H3,(H,26,33). The molecule has 0 aliphatic carbocycles. The average Bonchev–Trinajstić information content (AvgIpc) is 2.64. The maximum Gasteiger partial charge on any atom is 0.334 e. The molecule has 0 radical (unpaired) electrons. The molecule has 34 heavy (non-hydrogen) atoms. The fourth-order valence-electron chi connectivity index (χ4n) is 3.70. The van der Waals surface area contributed by atoms with Crippen LogP contribution in [-0.4, -0.2) is 81.5 Å². The number of imide groups is 2. The van der Waals surface area contributed by atoms with Crippen LogP contribution in [0.2, 0.25) is 0 Å². The molecule has 9 nitrogen and oxygen atoms in total. The number of urea groups is 2. The zero-order chi connectivity index (χ0) is 26.9. The van der Waals surface area contributed by atoms with Gasteiger partial charge in [-0.3, -0.25) is 9.69 Å². The molecule has 0 aliphatic heterocycles. The molecule has 0 aromatic heterocycles. The summed E-state index contributed by atoms with van der Waals surface area (Å²) in [5, 5.41) is 33.7. The summed E-state index contributed by atoms with van der Waals surface area (Å²) in [5.74, 6) is 0. The van der Waals surface area contributed by atoms with Crippen LogP contribution in [0.4, 0.5) is 9.59 Å². The molecule has 0 heterocycles. The molecule has 0 aromatic rings. The first-order valence-electron chi connectivity index (χ1n) is 12.2. The van der Waals surface area contributed by atoms with Gasteiger partial charge in [0, 0.05) is 6.54 Å². The quantitative estimate of drug-likeness (QED) is 0.312. The fourth-order valence-corrected chi connectivity index (χ4v) is 3.70. The van der Waals surface area contributed by atoms with Crippen molar-refractivity contribution < 1.29 is 29.7 Å². The third kappa shape index (κ3) is 13.9. The molecule has 0 fully saturated rings. The molecule has 0 spiro atoms. The van der Waals surface area contributed by atoms with E-state index in [1.807, 2.05) is 62.3 Å². The first-order valence-corrected chi connectivity index (χ1v) is 12.2. The Balaban J connectivity index is 5.53. The summed E-state index contributed by atoms with van der Waals surface area (Å²) in [7, 11) is 0. The summed E-state index contributed by atoms with van der Waals surface area (Å²) < 4.78 is 0. The van der Waals surface area contributed by atoms with Gasteiger partial charge in [0.15, 0.2) is 0 Å². The van der Waals surface area contributed by atoms with Crippen molar-refractivity contribution in [2.45, 2.75) is 106 Å². The van der Waals surface area contributed by atoms with Crippen molar-refractivity contribution in [2.75, 3.05) is 19.6 Å². The lowest BCUT2D eigenvalue weighted by Gasteiger charge is -2.32. The molecule has 4 N–H and O–H groups in total. The molecule has 3 atom stereocenters. The van der Waals surface area contributed by atoms with Crippen LogP contribution in [0.5, 0.6) is 0 Å². The SMILES string of the molecule is CCC(C)(C)CC(O)CN(C=O)C(=O)N(CC(O)CC(C)(C)C)C(=O)NCC(O)CC(C)(C)C. The maximum absolute atomic E-state index is 13.1. The zero-order valence-corrected chi connectivity index (χ0v) is 22.7. The van der Waals surface area contributed by atoms with E-state index < -0.39 is 30.4 Å².